The monoisotopic (exact) mass is 513 g/mol. The van der Waals surface area contributed by atoms with Crippen LogP contribution >= 0.6 is 0 Å². The summed E-state index contributed by atoms with van der Waals surface area (Å²) in [6.45, 7) is 8.85. The minimum absolute atomic E-state index is 0.0634. The zero-order chi connectivity index (χ0) is 26.2. The Labute approximate surface area is 225 Å². The normalized spacial score (nSPS) is 25.7. The van der Waals surface area contributed by atoms with Gasteiger partial charge in [0.25, 0.3) is 5.91 Å². The van der Waals surface area contributed by atoms with E-state index in [4.69, 9.17) is 4.74 Å². The van der Waals surface area contributed by atoms with Gasteiger partial charge < -0.3 is 14.5 Å². The van der Waals surface area contributed by atoms with Crippen molar-refractivity contribution in [1.29, 1.82) is 0 Å². The minimum Gasteiger partial charge on any atom is -0.377 e. The van der Waals surface area contributed by atoms with Crippen molar-refractivity contribution in [3.05, 3.63) is 60.2 Å². The summed E-state index contributed by atoms with van der Waals surface area (Å²) in [4.78, 5) is 34.1. The van der Waals surface area contributed by atoms with Gasteiger partial charge in [-0.25, -0.2) is 0 Å². The summed E-state index contributed by atoms with van der Waals surface area (Å²) in [6, 6.07) is 19.3. The molecule has 6 heteroatoms. The van der Waals surface area contributed by atoms with Gasteiger partial charge in [-0.2, -0.15) is 0 Å². The Morgan fingerprint density at radius 1 is 0.816 bits per heavy atom. The van der Waals surface area contributed by atoms with E-state index < -0.39 is 0 Å². The largest absolute Gasteiger partial charge is 0.377 e. The molecule has 3 aromatic carbocycles. The molecule has 200 valence electrons. The second-order valence-electron chi connectivity index (χ2n) is 11.5. The number of likely N-dealkylation sites (tertiary alicyclic amines) is 2. The topological polar surface area (TPSA) is 53.1 Å². The predicted octanol–water partition coefficient (Wildman–Crippen LogP) is 4.95. The van der Waals surface area contributed by atoms with Gasteiger partial charge in [0, 0.05) is 25.7 Å². The van der Waals surface area contributed by atoms with E-state index in [0.717, 1.165) is 79.0 Å². The molecular weight excluding hydrogens is 474 g/mol. The van der Waals surface area contributed by atoms with Crippen LogP contribution in [0.4, 0.5) is 0 Å². The van der Waals surface area contributed by atoms with E-state index in [0.29, 0.717) is 25.2 Å². The summed E-state index contributed by atoms with van der Waals surface area (Å²) in [5.41, 5.74) is 0.828. The quantitative estimate of drug-likeness (QED) is 0.466. The first-order valence-corrected chi connectivity index (χ1v) is 14.3. The number of fused-ring (bicyclic) bond motifs is 2. The summed E-state index contributed by atoms with van der Waals surface area (Å²) in [6.07, 6.45) is 3.95. The summed E-state index contributed by atoms with van der Waals surface area (Å²) in [5.74, 6) is 0.500. The van der Waals surface area contributed by atoms with Gasteiger partial charge in [0.1, 0.15) is 0 Å². The number of piperidine rings is 2. The lowest BCUT2D eigenvalue weighted by molar-refractivity contribution is -0.150. The van der Waals surface area contributed by atoms with E-state index >= 15 is 0 Å². The van der Waals surface area contributed by atoms with E-state index in [2.05, 4.69) is 54.0 Å². The van der Waals surface area contributed by atoms with Gasteiger partial charge in [-0.3, -0.25) is 14.5 Å². The number of benzene rings is 3. The van der Waals surface area contributed by atoms with E-state index in [1.54, 1.807) is 0 Å². The molecule has 3 aromatic rings. The van der Waals surface area contributed by atoms with Crippen molar-refractivity contribution in [1.82, 2.24) is 14.7 Å². The fraction of sp³-hybridized carbons (Fsp3) is 0.500. The van der Waals surface area contributed by atoms with E-state index in [-0.39, 0.29) is 23.9 Å². The molecule has 0 saturated carbocycles. The highest BCUT2D eigenvalue weighted by Crippen LogP contribution is 2.32. The van der Waals surface area contributed by atoms with Gasteiger partial charge in [0.15, 0.2) is 0 Å². The molecule has 6 nitrogen and oxygen atoms in total. The smallest absolute Gasteiger partial charge is 0.255 e. The molecule has 3 heterocycles. The molecule has 0 radical (unpaired) electrons. The van der Waals surface area contributed by atoms with Gasteiger partial charge in [0.2, 0.25) is 5.91 Å². The van der Waals surface area contributed by atoms with Crippen molar-refractivity contribution in [3.63, 3.8) is 0 Å². The molecule has 6 rings (SSSR count). The van der Waals surface area contributed by atoms with Crippen LogP contribution in [0.5, 0.6) is 0 Å². The number of hydrogen-bond acceptors (Lipinski definition) is 4. The van der Waals surface area contributed by atoms with E-state index in [1.807, 2.05) is 29.2 Å². The average Bonchev–Trinajstić information content (AvgIpc) is 2.95. The first-order chi connectivity index (χ1) is 18.5. The molecule has 0 spiro atoms. The Morgan fingerprint density at radius 2 is 1.42 bits per heavy atom. The van der Waals surface area contributed by atoms with Gasteiger partial charge in [-0.15, -0.1) is 0 Å². The maximum Gasteiger partial charge on any atom is 0.255 e. The summed E-state index contributed by atoms with van der Waals surface area (Å²) < 4.78 is 5.65. The Bertz CT molecular complexity index is 1270. The minimum atomic E-state index is 0.0634. The number of amides is 2. The molecule has 3 saturated heterocycles. The van der Waals surface area contributed by atoms with Crippen LogP contribution < -0.4 is 0 Å². The van der Waals surface area contributed by atoms with Crippen LogP contribution in [0.1, 0.15) is 49.9 Å². The van der Waals surface area contributed by atoms with Crippen molar-refractivity contribution in [3.8, 4) is 0 Å². The molecule has 38 heavy (non-hydrogen) atoms. The molecular formula is C32H39N3O3. The van der Waals surface area contributed by atoms with Crippen molar-refractivity contribution >= 4 is 33.4 Å². The maximum atomic E-state index is 13.9. The Kier molecular flexibility index (Phi) is 7.10. The molecule has 0 bridgehead atoms. The first-order valence-electron chi connectivity index (χ1n) is 14.3. The molecule has 2 amide bonds. The van der Waals surface area contributed by atoms with Gasteiger partial charge in [-0.1, -0.05) is 48.5 Å². The molecule has 0 aliphatic carbocycles. The van der Waals surface area contributed by atoms with Crippen LogP contribution in [-0.4, -0.2) is 84.0 Å². The summed E-state index contributed by atoms with van der Waals surface area (Å²) in [5, 5.41) is 4.28. The molecule has 3 fully saturated rings. The standard InChI is InChI=1S/C32H39N3O3/c1-22-20-38-21-23(2)35(22)31(36)26-10-7-15-34(19-26)27-13-16-33(17-14-27)32(37)30-28-11-5-3-8-24(28)18-25-9-4-6-12-29(25)30/h3-6,8-9,11-12,18,22-23,26-27H,7,10,13-17,19-21H2,1-2H3/t22-,23-,26+/m0/s1. The van der Waals surface area contributed by atoms with Crippen molar-refractivity contribution in [2.75, 3.05) is 39.4 Å². The van der Waals surface area contributed by atoms with Crippen molar-refractivity contribution in [2.24, 2.45) is 5.92 Å². The van der Waals surface area contributed by atoms with Gasteiger partial charge >= 0.3 is 0 Å². The summed E-state index contributed by atoms with van der Waals surface area (Å²) >= 11 is 0. The number of nitrogens with zero attached hydrogens (tertiary/aromatic N) is 3. The molecule has 0 N–H and O–H groups in total. The highest BCUT2D eigenvalue weighted by atomic mass is 16.5. The Balaban J connectivity index is 1.14. The third kappa shape index (κ3) is 4.69. The average molecular weight is 514 g/mol. The zero-order valence-electron chi connectivity index (χ0n) is 22.6. The summed E-state index contributed by atoms with van der Waals surface area (Å²) in [7, 11) is 0. The van der Waals surface area contributed by atoms with Gasteiger partial charge in [0.05, 0.1) is 36.8 Å². The van der Waals surface area contributed by atoms with Crippen molar-refractivity contribution < 1.29 is 14.3 Å². The first kappa shape index (κ1) is 25.3. The van der Waals surface area contributed by atoms with Crippen LogP contribution in [0.3, 0.4) is 0 Å². The second-order valence-corrected chi connectivity index (χ2v) is 11.5. The predicted molar refractivity (Wildman–Crippen MR) is 151 cm³/mol. The number of hydrogen-bond donors (Lipinski definition) is 0. The highest BCUT2D eigenvalue weighted by molar-refractivity contribution is 6.18. The van der Waals surface area contributed by atoms with Crippen LogP contribution in [-0.2, 0) is 9.53 Å². The number of rotatable bonds is 3. The molecule has 3 aliphatic rings. The van der Waals surface area contributed by atoms with Crippen LogP contribution in [0.2, 0.25) is 0 Å². The fourth-order valence-electron chi connectivity index (χ4n) is 7.03. The number of morpholine rings is 1. The second kappa shape index (κ2) is 10.7. The van der Waals surface area contributed by atoms with E-state index in [9.17, 15) is 9.59 Å². The lowest BCUT2D eigenvalue weighted by Crippen LogP contribution is -2.57. The van der Waals surface area contributed by atoms with Crippen LogP contribution in [0.15, 0.2) is 54.6 Å². The van der Waals surface area contributed by atoms with E-state index in [1.165, 1.54) is 0 Å². The lowest BCUT2D eigenvalue weighted by atomic mass is 9.91. The fourth-order valence-corrected chi connectivity index (χ4v) is 7.03. The molecule has 3 aliphatic heterocycles. The highest BCUT2D eigenvalue weighted by Gasteiger charge is 2.38. The van der Waals surface area contributed by atoms with Gasteiger partial charge in [-0.05, 0) is 73.7 Å². The third-order valence-electron chi connectivity index (χ3n) is 8.98. The SMILES string of the molecule is C[C@H]1COC[C@H](C)N1C(=O)[C@@H]1CCCN(C2CCN(C(=O)c3c4ccccc4cc4ccccc34)CC2)C1. The van der Waals surface area contributed by atoms with Crippen LogP contribution in [0.25, 0.3) is 21.5 Å². The number of ether oxygens (including phenoxy) is 1. The lowest BCUT2D eigenvalue weighted by Gasteiger charge is -2.45. The zero-order valence-corrected chi connectivity index (χ0v) is 22.6. The van der Waals surface area contributed by atoms with Crippen LogP contribution in [0, 0.1) is 5.92 Å². The third-order valence-corrected chi connectivity index (χ3v) is 8.98. The number of carbonyl (C=O) groups is 2. The molecule has 3 atom stereocenters. The Hall–Kier alpha value is -2.96. The maximum absolute atomic E-state index is 13.9. The van der Waals surface area contributed by atoms with Crippen molar-refractivity contribution in [2.45, 2.75) is 57.7 Å². The number of carbonyl (C=O) groups excluding carboxylic acids is 2. The Morgan fingerprint density at radius 3 is 2.05 bits per heavy atom. The molecule has 0 aromatic heterocycles. The molecule has 0 unspecified atom stereocenters.